The van der Waals surface area contributed by atoms with Gasteiger partial charge in [-0.1, -0.05) is 23.2 Å². The van der Waals surface area contributed by atoms with Gasteiger partial charge in [0.15, 0.2) is 5.58 Å². The molecule has 0 aliphatic rings. The second-order valence-corrected chi connectivity index (χ2v) is 5.60. The van der Waals surface area contributed by atoms with Gasteiger partial charge in [-0.15, -0.1) is 0 Å². The molecule has 0 N–H and O–H groups in total. The van der Waals surface area contributed by atoms with E-state index in [-0.39, 0.29) is 33.1 Å². The molecule has 0 amide bonds. The molecule has 0 aliphatic carbocycles. The lowest BCUT2D eigenvalue weighted by Gasteiger charge is -2.11. The van der Waals surface area contributed by atoms with Crippen molar-refractivity contribution in [1.29, 1.82) is 0 Å². The van der Waals surface area contributed by atoms with E-state index in [1.165, 1.54) is 19.2 Å². The van der Waals surface area contributed by atoms with Crippen LogP contribution in [0, 0.1) is 0 Å². The number of methoxy groups -OCH3 is 1. The van der Waals surface area contributed by atoms with Gasteiger partial charge in [0, 0.05) is 6.20 Å². The summed E-state index contributed by atoms with van der Waals surface area (Å²) in [6.07, 6.45) is -3.66. The maximum atomic E-state index is 13.3. The maximum Gasteiger partial charge on any atom is 0.420 e. The van der Waals surface area contributed by atoms with E-state index in [0.29, 0.717) is 0 Å². The molecule has 10 heteroatoms. The second-order valence-electron chi connectivity index (χ2n) is 4.84. The fourth-order valence-electron chi connectivity index (χ4n) is 2.23. The molecule has 0 unspecified atom stereocenters. The van der Waals surface area contributed by atoms with Gasteiger partial charge in [0.05, 0.1) is 23.3 Å². The molecule has 25 heavy (non-hydrogen) atoms. The summed E-state index contributed by atoms with van der Waals surface area (Å²) in [6, 6.07) is 3.65. The van der Waals surface area contributed by atoms with Crippen LogP contribution in [0.25, 0.3) is 22.6 Å². The Kier molecular flexibility index (Phi) is 4.34. The number of oxazole rings is 1. The van der Waals surface area contributed by atoms with Crippen molar-refractivity contribution in [2.75, 3.05) is 7.11 Å². The summed E-state index contributed by atoms with van der Waals surface area (Å²) in [5.41, 5.74) is -1.34. The maximum absolute atomic E-state index is 13.3. The number of esters is 1. The monoisotopic (exact) mass is 390 g/mol. The molecule has 3 rings (SSSR count). The fraction of sp³-hybridized carbons (Fsp3) is 0.133. The summed E-state index contributed by atoms with van der Waals surface area (Å²) in [7, 11) is 1.18. The third-order valence-corrected chi connectivity index (χ3v) is 3.85. The first-order valence-electron chi connectivity index (χ1n) is 6.63. The average Bonchev–Trinajstić information content (AvgIpc) is 2.97. The van der Waals surface area contributed by atoms with Gasteiger partial charge in [-0.3, -0.25) is 0 Å². The van der Waals surface area contributed by atoms with E-state index in [1.54, 1.807) is 0 Å². The predicted molar refractivity (Wildman–Crippen MR) is 83.6 cm³/mol. The molecule has 3 aromatic rings. The Morgan fingerprint density at radius 1 is 1.28 bits per heavy atom. The van der Waals surface area contributed by atoms with E-state index < -0.39 is 22.9 Å². The third-order valence-electron chi connectivity index (χ3n) is 3.28. The van der Waals surface area contributed by atoms with Crippen LogP contribution in [0.15, 0.2) is 28.8 Å². The van der Waals surface area contributed by atoms with Gasteiger partial charge in [0.2, 0.25) is 5.89 Å². The highest BCUT2D eigenvalue weighted by molar-refractivity contribution is 6.35. The number of hydrogen-bond acceptors (Lipinski definition) is 5. The fourth-order valence-corrected chi connectivity index (χ4v) is 2.75. The highest BCUT2D eigenvalue weighted by Crippen LogP contribution is 2.41. The van der Waals surface area contributed by atoms with E-state index in [1.807, 2.05) is 0 Å². The van der Waals surface area contributed by atoms with Crippen molar-refractivity contribution < 1.29 is 27.1 Å². The first-order chi connectivity index (χ1) is 11.7. The zero-order chi connectivity index (χ0) is 18.4. The SMILES string of the molecule is COC(=O)c1cc(Cl)c2oc(-c3ccnc(Cl)c3C(F)(F)F)nc2c1. The number of fused-ring (bicyclic) bond motifs is 1. The number of halogens is 5. The number of benzene rings is 1. The van der Waals surface area contributed by atoms with Gasteiger partial charge in [0.25, 0.3) is 0 Å². The molecule has 0 spiro atoms. The molecule has 130 valence electrons. The quantitative estimate of drug-likeness (QED) is 0.454. The zero-order valence-corrected chi connectivity index (χ0v) is 13.8. The van der Waals surface area contributed by atoms with Gasteiger partial charge in [-0.2, -0.15) is 13.2 Å². The molecule has 0 aliphatic heterocycles. The Hall–Kier alpha value is -2.32. The molecule has 2 heterocycles. The number of nitrogens with zero attached hydrogens (tertiary/aromatic N) is 2. The number of pyridine rings is 1. The lowest BCUT2D eigenvalue weighted by Crippen LogP contribution is -2.09. The van der Waals surface area contributed by atoms with Crippen LogP contribution in [0.3, 0.4) is 0 Å². The summed E-state index contributed by atoms with van der Waals surface area (Å²) in [5, 5.41) is -0.723. The summed E-state index contributed by atoms with van der Waals surface area (Å²) >= 11 is 11.6. The zero-order valence-electron chi connectivity index (χ0n) is 12.3. The van der Waals surface area contributed by atoms with Crippen LogP contribution in [0.4, 0.5) is 13.2 Å². The van der Waals surface area contributed by atoms with E-state index in [4.69, 9.17) is 27.6 Å². The number of alkyl halides is 3. The lowest BCUT2D eigenvalue weighted by atomic mass is 10.1. The van der Waals surface area contributed by atoms with Crippen molar-refractivity contribution in [3.05, 3.63) is 45.7 Å². The molecule has 0 saturated carbocycles. The van der Waals surface area contributed by atoms with Crippen LogP contribution < -0.4 is 0 Å². The van der Waals surface area contributed by atoms with Crippen molar-refractivity contribution in [1.82, 2.24) is 9.97 Å². The standard InChI is InChI=1S/C15H7Cl2F3N2O3/c1-24-14(23)6-4-8(16)11-9(5-6)22-13(25-11)7-2-3-21-12(17)10(7)15(18,19)20/h2-5H,1H3. The molecule has 0 bridgehead atoms. The Labute approximate surface area is 148 Å². The smallest absolute Gasteiger partial charge is 0.420 e. The largest absolute Gasteiger partial charge is 0.465 e. The van der Waals surface area contributed by atoms with Gasteiger partial charge in [-0.25, -0.2) is 14.8 Å². The minimum absolute atomic E-state index is 0.00496. The van der Waals surface area contributed by atoms with Crippen LogP contribution in [0.1, 0.15) is 15.9 Å². The minimum Gasteiger partial charge on any atom is -0.465 e. The van der Waals surface area contributed by atoms with Crippen molar-refractivity contribution in [2.45, 2.75) is 6.18 Å². The summed E-state index contributed by atoms with van der Waals surface area (Å²) in [4.78, 5) is 19.0. The van der Waals surface area contributed by atoms with Crippen LogP contribution in [-0.2, 0) is 10.9 Å². The Balaban J connectivity index is 2.24. The number of carbonyl (C=O) groups excluding carboxylic acids is 1. The number of ether oxygens (including phenoxy) is 1. The molecule has 2 aromatic heterocycles. The van der Waals surface area contributed by atoms with E-state index in [2.05, 4.69) is 14.7 Å². The highest BCUT2D eigenvalue weighted by atomic mass is 35.5. The molecule has 0 radical (unpaired) electrons. The summed E-state index contributed by atoms with van der Waals surface area (Å²) < 4.78 is 49.7. The van der Waals surface area contributed by atoms with Gasteiger partial charge in [-0.05, 0) is 18.2 Å². The molecule has 0 saturated heterocycles. The van der Waals surface area contributed by atoms with Crippen molar-refractivity contribution in [3.8, 4) is 11.5 Å². The molecule has 0 atom stereocenters. The number of rotatable bonds is 2. The van der Waals surface area contributed by atoms with E-state index in [9.17, 15) is 18.0 Å². The van der Waals surface area contributed by atoms with E-state index in [0.717, 1.165) is 12.3 Å². The van der Waals surface area contributed by atoms with Crippen molar-refractivity contribution in [2.24, 2.45) is 0 Å². The van der Waals surface area contributed by atoms with Crippen molar-refractivity contribution in [3.63, 3.8) is 0 Å². The van der Waals surface area contributed by atoms with Crippen LogP contribution >= 0.6 is 23.2 Å². The van der Waals surface area contributed by atoms with Crippen LogP contribution in [0.5, 0.6) is 0 Å². The number of hydrogen-bond donors (Lipinski definition) is 0. The molecule has 1 aromatic carbocycles. The Morgan fingerprint density at radius 2 is 2.00 bits per heavy atom. The normalized spacial score (nSPS) is 11.8. The van der Waals surface area contributed by atoms with E-state index >= 15 is 0 Å². The first-order valence-corrected chi connectivity index (χ1v) is 7.38. The number of aromatic nitrogens is 2. The third kappa shape index (κ3) is 3.14. The van der Waals surface area contributed by atoms with Crippen LogP contribution in [-0.4, -0.2) is 23.0 Å². The lowest BCUT2D eigenvalue weighted by molar-refractivity contribution is -0.137. The topological polar surface area (TPSA) is 65.2 Å². The minimum atomic E-state index is -4.76. The van der Waals surface area contributed by atoms with Crippen LogP contribution in [0.2, 0.25) is 10.2 Å². The molecular weight excluding hydrogens is 384 g/mol. The second kappa shape index (κ2) is 6.20. The van der Waals surface area contributed by atoms with Gasteiger partial charge >= 0.3 is 12.1 Å². The van der Waals surface area contributed by atoms with Gasteiger partial charge < -0.3 is 9.15 Å². The molecular formula is C15H7Cl2F3N2O3. The predicted octanol–water partition coefficient (Wildman–Crippen LogP) is 5.00. The van der Waals surface area contributed by atoms with Gasteiger partial charge in [0.1, 0.15) is 16.2 Å². The number of carbonyl (C=O) groups is 1. The highest BCUT2D eigenvalue weighted by Gasteiger charge is 2.38. The summed E-state index contributed by atoms with van der Waals surface area (Å²) in [6.45, 7) is 0. The summed E-state index contributed by atoms with van der Waals surface area (Å²) in [5.74, 6) is -1.02. The average molecular weight is 391 g/mol. The Morgan fingerprint density at radius 3 is 2.64 bits per heavy atom. The van der Waals surface area contributed by atoms with Crippen molar-refractivity contribution >= 4 is 40.3 Å². The first kappa shape index (κ1) is 17.5. The Bertz CT molecular complexity index is 986. The molecule has 0 fully saturated rings. The molecule has 5 nitrogen and oxygen atoms in total.